The highest BCUT2D eigenvalue weighted by molar-refractivity contribution is 7.17. The molecule has 1 amide bonds. The van der Waals surface area contributed by atoms with Crippen LogP contribution in [0.1, 0.15) is 52.3 Å². The van der Waals surface area contributed by atoms with Crippen LogP contribution in [0.2, 0.25) is 0 Å². The molecule has 1 aliphatic rings. The van der Waals surface area contributed by atoms with Crippen LogP contribution in [0, 0.1) is 6.92 Å². The zero-order valence-electron chi connectivity index (χ0n) is 20.1. The third kappa shape index (κ3) is 4.72. The van der Waals surface area contributed by atoms with Gasteiger partial charge in [-0.2, -0.15) is 0 Å². The standard InChI is InChI=1S/C26H25N3O6S/c1-4-5-13-35-18-8-6-7-17(14-18)20-19(21(30)16-9-11-27-12-10-16)22(31)24(32)29(20)26-28-15(2)23(36-26)25(33)34-3/h6-12,14,20,30H,4-5,13H2,1-3H3. The minimum absolute atomic E-state index is 0.0932. The van der Waals surface area contributed by atoms with E-state index < -0.39 is 23.7 Å². The molecule has 1 saturated heterocycles. The number of Topliss-reactive ketones (excluding diaryl/α,β-unsaturated/α-hetero) is 1. The van der Waals surface area contributed by atoms with Gasteiger partial charge >= 0.3 is 11.9 Å². The van der Waals surface area contributed by atoms with Gasteiger partial charge in [-0.05, 0) is 43.2 Å². The Morgan fingerprint density at radius 1 is 1.19 bits per heavy atom. The number of carbonyl (C=O) groups excluding carboxylic acids is 3. The maximum absolute atomic E-state index is 13.3. The molecular formula is C26H25N3O6S. The van der Waals surface area contributed by atoms with Crippen molar-refractivity contribution in [2.24, 2.45) is 0 Å². The quantitative estimate of drug-likeness (QED) is 0.156. The van der Waals surface area contributed by atoms with Gasteiger partial charge in [0.25, 0.3) is 5.78 Å². The van der Waals surface area contributed by atoms with Crippen molar-refractivity contribution in [1.82, 2.24) is 9.97 Å². The van der Waals surface area contributed by atoms with Crippen LogP contribution < -0.4 is 9.64 Å². The molecule has 0 bridgehead atoms. The first-order valence-corrected chi connectivity index (χ1v) is 12.2. The molecule has 3 heterocycles. The highest BCUT2D eigenvalue weighted by Gasteiger charge is 2.48. The monoisotopic (exact) mass is 507 g/mol. The lowest BCUT2D eigenvalue weighted by atomic mass is 9.95. The number of thiazole rings is 1. The minimum atomic E-state index is -0.996. The summed E-state index contributed by atoms with van der Waals surface area (Å²) in [6.45, 7) is 4.20. The molecule has 1 aliphatic heterocycles. The van der Waals surface area contributed by atoms with Crippen LogP contribution in [0.3, 0.4) is 0 Å². The van der Waals surface area contributed by atoms with Crippen molar-refractivity contribution in [2.75, 3.05) is 18.6 Å². The molecule has 0 aliphatic carbocycles. The van der Waals surface area contributed by atoms with Crippen LogP contribution in [0.15, 0.2) is 54.4 Å². The van der Waals surface area contributed by atoms with E-state index in [1.54, 1.807) is 43.3 Å². The Kier molecular flexibility index (Phi) is 7.44. The van der Waals surface area contributed by atoms with Crippen LogP contribution in [0.25, 0.3) is 5.76 Å². The van der Waals surface area contributed by atoms with Gasteiger partial charge in [0.1, 0.15) is 16.4 Å². The molecule has 0 saturated carbocycles. The van der Waals surface area contributed by atoms with Gasteiger partial charge in [-0.3, -0.25) is 19.5 Å². The normalized spacial score (nSPS) is 16.9. The van der Waals surface area contributed by atoms with E-state index in [0.717, 1.165) is 24.2 Å². The fourth-order valence-electron chi connectivity index (χ4n) is 3.89. The summed E-state index contributed by atoms with van der Waals surface area (Å²) in [5.41, 5.74) is 1.16. The zero-order chi connectivity index (χ0) is 25.8. The van der Waals surface area contributed by atoms with Crippen molar-refractivity contribution in [3.05, 3.63) is 76.1 Å². The first-order valence-electron chi connectivity index (χ1n) is 11.4. The van der Waals surface area contributed by atoms with Crippen molar-refractivity contribution in [1.29, 1.82) is 0 Å². The topological polar surface area (TPSA) is 119 Å². The van der Waals surface area contributed by atoms with Crippen molar-refractivity contribution in [3.63, 3.8) is 0 Å². The van der Waals surface area contributed by atoms with E-state index in [2.05, 4.69) is 16.9 Å². The molecule has 186 valence electrons. The Morgan fingerprint density at radius 3 is 2.64 bits per heavy atom. The third-order valence-electron chi connectivity index (χ3n) is 5.70. The number of aliphatic hydroxyl groups excluding tert-OH is 1. The number of nitrogens with zero attached hydrogens (tertiary/aromatic N) is 3. The first kappa shape index (κ1) is 25.1. The molecule has 1 N–H and O–H groups in total. The Hall–Kier alpha value is -4.05. The summed E-state index contributed by atoms with van der Waals surface area (Å²) in [6, 6.07) is 9.13. The first-order chi connectivity index (χ1) is 17.4. The van der Waals surface area contributed by atoms with E-state index in [9.17, 15) is 19.5 Å². The molecule has 3 aromatic rings. The van der Waals surface area contributed by atoms with Crippen molar-refractivity contribution in [3.8, 4) is 5.75 Å². The number of esters is 1. The Bertz CT molecular complexity index is 1330. The van der Waals surface area contributed by atoms with Gasteiger partial charge in [0.05, 0.1) is 31.0 Å². The second-order valence-corrected chi connectivity index (χ2v) is 9.06. The number of ketones is 1. The Labute approximate surface area is 212 Å². The van der Waals surface area contributed by atoms with Crippen molar-refractivity contribution in [2.45, 2.75) is 32.7 Å². The van der Waals surface area contributed by atoms with Crippen LogP contribution in [-0.4, -0.2) is 46.5 Å². The van der Waals surface area contributed by atoms with Crippen LogP contribution in [0.4, 0.5) is 5.13 Å². The van der Waals surface area contributed by atoms with Gasteiger partial charge in [-0.25, -0.2) is 9.78 Å². The van der Waals surface area contributed by atoms with E-state index in [-0.39, 0.29) is 21.3 Å². The number of benzene rings is 1. The van der Waals surface area contributed by atoms with E-state index >= 15 is 0 Å². The summed E-state index contributed by atoms with van der Waals surface area (Å²) in [7, 11) is 1.26. The summed E-state index contributed by atoms with van der Waals surface area (Å²) in [5.74, 6) is -2.08. The number of aromatic nitrogens is 2. The predicted molar refractivity (Wildman–Crippen MR) is 134 cm³/mol. The Morgan fingerprint density at radius 2 is 1.94 bits per heavy atom. The van der Waals surface area contributed by atoms with E-state index in [1.165, 1.54) is 24.4 Å². The molecule has 1 aromatic carbocycles. The number of methoxy groups -OCH3 is 1. The number of aryl methyl sites for hydroxylation is 1. The number of aliphatic hydroxyl groups is 1. The molecule has 4 rings (SSSR count). The summed E-state index contributed by atoms with van der Waals surface area (Å²) in [6.07, 6.45) is 4.81. The predicted octanol–water partition coefficient (Wildman–Crippen LogP) is 4.44. The molecule has 0 spiro atoms. The lowest BCUT2D eigenvalue weighted by Crippen LogP contribution is -2.29. The summed E-state index contributed by atoms with van der Waals surface area (Å²) in [4.78, 5) is 48.6. The lowest BCUT2D eigenvalue weighted by Gasteiger charge is -2.23. The average molecular weight is 508 g/mol. The maximum Gasteiger partial charge on any atom is 0.350 e. The molecule has 1 atom stereocenters. The van der Waals surface area contributed by atoms with Gasteiger partial charge in [0, 0.05) is 18.0 Å². The molecule has 36 heavy (non-hydrogen) atoms. The average Bonchev–Trinajstić information content (AvgIpc) is 3.40. The molecule has 9 nitrogen and oxygen atoms in total. The summed E-state index contributed by atoms with van der Waals surface area (Å²) >= 11 is 0.946. The minimum Gasteiger partial charge on any atom is -0.507 e. The molecule has 0 radical (unpaired) electrons. The number of carbonyl (C=O) groups is 3. The third-order valence-corrected chi connectivity index (χ3v) is 6.84. The largest absolute Gasteiger partial charge is 0.507 e. The summed E-state index contributed by atoms with van der Waals surface area (Å²) < 4.78 is 10.7. The SMILES string of the molecule is CCCCOc1cccc(C2C(=C(O)c3ccncc3)C(=O)C(=O)N2c2nc(C)c(C(=O)OC)s2)c1. The smallest absolute Gasteiger partial charge is 0.350 e. The van der Waals surface area contributed by atoms with Gasteiger partial charge in [-0.15, -0.1) is 0 Å². The van der Waals surface area contributed by atoms with Crippen molar-refractivity contribution >= 4 is 39.9 Å². The van der Waals surface area contributed by atoms with Gasteiger partial charge in [0.2, 0.25) is 0 Å². The van der Waals surface area contributed by atoms with E-state index in [0.29, 0.717) is 29.2 Å². The second-order valence-electron chi connectivity index (χ2n) is 8.08. The number of hydrogen-bond donors (Lipinski definition) is 1. The number of pyridine rings is 1. The molecule has 2 aromatic heterocycles. The van der Waals surface area contributed by atoms with Gasteiger partial charge in [-0.1, -0.05) is 36.8 Å². The van der Waals surface area contributed by atoms with Crippen LogP contribution in [-0.2, 0) is 14.3 Å². The fourth-order valence-corrected chi connectivity index (χ4v) is 4.90. The van der Waals surface area contributed by atoms with Gasteiger partial charge in [0.15, 0.2) is 5.13 Å². The second kappa shape index (κ2) is 10.7. The molecule has 1 fully saturated rings. The molecule has 1 unspecified atom stereocenters. The maximum atomic E-state index is 13.3. The van der Waals surface area contributed by atoms with Crippen LogP contribution in [0.5, 0.6) is 5.75 Å². The number of anilines is 1. The number of amides is 1. The zero-order valence-corrected chi connectivity index (χ0v) is 20.9. The highest BCUT2D eigenvalue weighted by Crippen LogP contribution is 2.44. The summed E-state index contributed by atoms with van der Waals surface area (Å²) in [5, 5.41) is 11.3. The number of hydrogen-bond acceptors (Lipinski definition) is 9. The lowest BCUT2D eigenvalue weighted by molar-refractivity contribution is -0.132. The number of unbranched alkanes of at least 4 members (excludes halogenated alkanes) is 1. The van der Waals surface area contributed by atoms with Gasteiger partial charge < -0.3 is 14.6 Å². The molecular weight excluding hydrogens is 482 g/mol. The Balaban J connectivity index is 1.88. The highest BCUT2D eigenvalue weighted by atomic mass is 32.1. The van der Waals surface area contributed by atoms with E-state index in [4.69, 9.17) is 9.47 Å². The van der Waals surface area contributed by atoms with E-state index in [1.807, 2.05) is 0 Å². The number of rotatable bonds is 8. The molecule has 10 heteroatoms. The fraction of sp³-hybridized carbons (Fsp3) is 0.269. The van der Waals surface area contributed by atoms with Crippen LogP contribution >= 0.6 is 11.3 Å². The number of ether oxygens (including phenoxy) is 2. The van der Waals surface area contributed by atoms with Crippen molar-refractivity contribution < 1.29 is 29.0 Å².